The number of rotatable bonds is 10. The summed E-state index contributed by atoms with van der Waals surface area (Å²) in [5.74, 6) is -1.16. The predicted molar refractivity (Wildman–Crippen MR) is 137 cm³/mol. The normalized spacial score (nSPS) is 10.8. The minimum Gasteiger partial charge on any atom is -0.497 e. The first-order valence-corrected chi connectivity index (χ1v) is 10.9. The van der Waals surface area contributed by atoms with E-state index < -0.39 is 17.8 Å². The van der Waals surface area contributed by atoms with E-state index in [-0.39, 0.29) is 22.7 Å². The molecule has 10 heteroatoms. The van der Waals surface area contributed by atoms with E-state index in [4.69, 9.17) is 18.9 Å². The molecule has 3 aromatic rings. The number of methoxy groups -OCH3 is 4. The van der Waals surface area contributed by atoms with Crippen LogP contribution in [0.1, 0.15) is 26.3 Å². The number of hydrogen-bond donors (Lipinski definition) is 3. The highest BCUT2D eigenvalue weighted by Crippen LogP contribution is 2.37. The molecular formula is C27H26N2O8. The second-order valence-corrected chi connectivity index (χ2v) is 7.50. The largest absolute Gasteiger partial charge is 0.497 e. The van der Waals surface area contributed by atoms with Crippen molar-refractivity contribution in [1.29, 1.82) is 0 Å². The molecule has 3 N–H and O–H groups in total. The number of aromatic carboxylic acids is 1. The van der Waals surface area contributed by atoms with E-state index in [2.05, 4.69) is 10.6 Å². The van der Waals surface area contributed by atoms with Gasteiger partial charge in [-0.15, -0.1) is 0 Å². The number of anilines is 1. The zero-order valence-corrected chi connectivity index (χ0v) is 20.7. The van der Waals surface area contributed by atoms with Gasteiger partial charge in [0.15, 0.2) is 11.5 Å². The lowest BCUT2D eigenvalue weighted by atomic mass is 10.1. The van der Waals surface area contributed by atoms with E-state index >= 15 is 0 Å². The molecule has 0 aliphatic carbocycles. The fraction of sp³-hybridized carbons (Fsp3) is 0.148. The molecule has 0 aromatic heterocycles. The molecule has 0 unspecified atom stereocenters. The molecule has 0 aliphatic heterocycles. The van der Waals surface area contributed by atoms with Crippen molar-refractivity contribution in [3.05, 3.63) is 83.1 Å². The monoisotopic (exact) mass is 506 g/mol. The van der Waals surface area contributed by atoms with Crippen LogP contribution in [0.3, 0.4) is 0 Å². The summed E-state index contributed by atoms with van der Waals surface area (Å²) in [5.41, 5.74) is 0.576. The van der Waals surface area contributed by atoms with Crippen LogP contribution in [0.2, 0.25) is 0 Å². The van der Waals surface area contributed by atoms with Crippen LogP contribution in [0.15, 0.2) is 66.4 Å². The van der Waals surface area contributed by atoms with Gasteiger partial charge in [-0.3, -0.25) is 9.59 Å². The SMILES string of the molecule is COc1cc(/C=C(\NC(=O)c2ccccc2)C(=O)Nc2cc(C(=O)O)ccc2OC)c(OC)c(OC)c1. The molecule has 37 heavy (non-hydrogen) atoms. The van der Waals surface area contributed by atoms with Crippen LogP contribution in [-0.2, 0) is 4.79 Å². The fourth-order valence-corrected chi connectivity index (χ4v) is 3.42. The number of hydrogen-bond acceptors (Lipinski definition) is 7. The Labute approximate surface area is 213 Å². The number of nitrogens with one attached hydrogen (secondary N) is 2. The minimum absolute atomic E-state index is 0.0610. The first kappa shape index (κ1) is 26.6. The number of carbonyl (C=O) groups is 3. The van der Waals surface area contributed by atoms with Crippen molar-refractivity contribution in [3.8, 4) is 23.0 Å². The van der Waals surface area contributed by atoms with Gasteiger partial charge in [0.25, 0.3) is 11.8 Å². The average molecular weight is 507 g/mol. The highest BCUT2D eigenvalue weighted by molar-refractivity contribution is 6.11. The van der Waals surface area contributed by atoms with Gasteiger partial charge in [0.2, 0.25) is 0 Å². The van der Waals surface area contributed by atoms with E-state index in [9.17, 15) is 19.5 Å². The zero-order valence-electron chi connectivity index (χ0n) is 20.7. The number of amides is 2. The van der Waals surface area contributed by atoms with Gasteiger partial charge in [0.05, 0.1) is 39.7 Å². The number of carboxylic acids is 1. The molecule has 10 nitrogen and oxygen atoms in total. The van der Waals surface area contributed by atoms with Gasteiger partial charge in [-0.1, -0.05) is 18.2 Å². The third kappa shape index (κ3) is 6.37. The smallest absolute Gasteiger partial charge is 0.335 e. The van der Waals surface area contributed by atoms with Crippen LogP contribution >= 0.6 is 0 Å². The Hall–Kier alpha value is -4.99. The molecule has 0 fully saturated rings. The van der Waals surface area contributed by atoms with Crippen molar-refractivity contribution in [2.24, 2.45) is 0 Å². The van der Waals surface area contributed by atoms with Crippen molar-refractivity contribution in [1.82, 2.24) is 5.32 Å². The van der Waals surface area contributed by atoms with E-state index in [1.54, 1.807) is 42.5 Å². The maximum Gasteiger partial charge on any atom is 0.335 e. The van der Waals surface area contributed by atoms with Crippen molar-refractivity contribution in [2.45, 2.75) is 0 Å². The highest BCUT2D eigenvalue weighted by atomic mass is 16.5. The summed E-state index contributed by atoms with van der Waals surface area (Å²) in [6.45, 7) is 0. The van der Waals surface area contributed by atoms with E-state index in [0.717, 1.165) is 0 Å². The van der Waals surface area contributed by atoms with Gasteiger partial charge in [-0.25, -0.2) is 4.79 Å². The quantitative estimate of drug-likeness (QED) is 0.354. The minimum atomic E-state index is -1.18. The molecule has 3 aromatic carbocycles. The number of carboxylic acid groups (broad SMARTS) is 1. The van der Waals surface area contributed by atoms with Crippen LogP contribution in [-0.4, -0.2) is 51.3 Å². The Kier molecular flexibility index (Phi) is 8.71. The van der Waals surface area contributed by atoms with E-state index in [1.165, 1.54) is 52.7 Å². The second-order valence-electron chi connectivity index (χ2n) is 7.50. The van der Waals surface area contributed by atoms with Gasteiger partial charge < -0.3 is 34.7 Å². The van der Waals surface area contributed by atoms with E-state index in [0.29, 0.717) is 28.4 Å². The van der Waals surface area contributed by atoms with Crippen molar-refractivity contribution in [2.75, 3.05) is 33.8 Å². The Morgan fingerprint density at radius 3 is 2.08 bits per heavy atom. The first-order valence-electron chi connectivity index (χ1n) is 10.9. The standard InChI is InChI=1S/C27H26N2O8/c1-34-19-12-18(24(37-4)23(15-19)36-3)14-21(29-25(30)16-8-6-5-7-9-16)26(31)28-20-13-17(27(32)33)10-11-22(20)35-2/h5-15H,1-4H3,(H,28,31)(H,29,30)(H,32,33)/b21-14-. The average Bonchev–Trinajstić information content (AvgIpc) is 2.92. The molecular weight excluding hydrogens is 480 g/mol. The summed E-state index contributed by atoms with van der Waals surface area (Å²) < 4.78 is 21.4. The van der Waals surface area contributed by atoms with Crippen LogP contribution in [0.4, 0.5) is 5.69 Å². The second kappa shape index (κ2) is 12.1. The van der Waals surface area contributed by atoms with Crippen LogP contribution in [0, 0.1) is 0 Å². The lowest BCUT2D eigenvalue weighted by molar-refractivity contribution is -0.113. The first-order chi connectivity index (χ1) is 17.8. The lowest BCUT2D eigenvalue weighted by Crippen LogP contribution is -2.31. The van der Waals surface area contributed by atoms with Gasteiger partial charge in [-0.2, -0.15) is 0 Å². The molecule has 0 aliphatic rings. The molecule has 0 atom stereocenters. The summed E-state index contributed by atoms with van der Waals surface area (Å²) >= 11 is 0. The maximum absolute atomic E-state index is 13.4. The molecule has 3 rings (SSSR count). The van der Waals surface area contributed by atoms with Crippen LogP contribution < -0.4 is 29.6 Å². The lowest BCUT2D eigenvalue weighted by Gasteiger charge is -2.16. The number of ether oxygens (including phenoxy) is 4. The Morgan fingerprint density at radius 1 is 0.784 bits per heavy atom. The summed E-state index contributed by atoms with van der Waals surface area (Å²) in [6.07, 6.45) is 1.40. The van der Waals surface area contributed by atoms with Crippen molar-refractivity contribution < 1.29 is 38.4 Å². The molecule has 192 valence electrons. The van der Waals surface area contributed by atoms with Gasteiger partial charge in [-0.05, 0) is 42.5 Å². The highest BCUT2D eigenvalue weighted by Gasteiger charge is 2.20. The van der Waals surface area contributed by atoms with Crippen LogP contribution in [0.25, 0.3) is 6.08 Å². The predicted octanol–water partition coefficient (Wildman–Crippen LogP) is 3.83. The van der Waals surface area contributed by atoms with E-state index in [1.807, 2.05) is 0 Å². The van der Waals surface area contributed by atoms with Crippen LogP contribution in [0.5, 0.6) is 23.0 Å². The number of carbonyl (C=O) groups excluding carboxylic acids is 2. The third-order valence-electron chi connectivity index (χ3n) is 5.24. The summed E-state index contributed by atoms with van der Waals surface area (Å²) in [4.78, 5) is 37.8. The molecule has 0 saturated carbocycles. The molecule has 0 saturated heterocycles. The number of benzene rings is 3. The zero-order chi connectivity index (χ0) is 26.9. The molecule has 2 amide bonds. The summed E-state index contributed by atoms with van der Waals surface area (Å²) in [6, 6.07) is 15.6. The van der Waals surface area contributed by atoms with Crippen molar-refractivity contribution in [3.63, 3.8) is 0 Å². The molecule has 0 bridgehead atoms. The van der Waals surface area contributed by atoms with Gasteiger partial charge in [0.1, 0.15) is 17.2 Å². The molecule has 0 heterocycles. The Bertz CT molecular complexity index is 1340. The fourth-order valence-electron chi connectivity index (χ4n) is 3.42. The maximum atomic E-state index is 13.4. The summed E-state index contributed by atoms with van der Waals surface area (Å²) in [7, 11) is 5.75. The van der Waals surface area contributed by atoms with Crippen molar-refractivity contribution >= 4 is 29.5 Å². The molecule has 0 radical (unpaired) electrons. The Balaban J connectivity index is 2.10. The molecule has 0 spiro atoms. The third-order valence-corrected chi connectivity index (χ3v) is 5.24. The summed E-state index contributed by atoms with van der Waals surface area (Å²) in [5, 5.41) is 14.6. The topological polar surface area (TPSA) is 132 Å². The van der Waals surface area contributed by atoms with Gasteiger partial charge >= 0.3 is 5.97 Å². The Morgan fingerprint density at radius 2 is 1.49 bits per heavy atom. The van der Waals surface area contributed by atoms with Gasteiger partial charge in [0, 0.05) is 17.2 Å².